The van der Waals surface area contributed by atoms with Crippen LogP contribution in [0.3, 0.4) is 0 Å². The quantitative estimate of drug-likeness (QED) is 0.0745. The number of carboxylic acid groups (broad SMARTS) is 2. The van der Waals surface area contributed by atoms with Crippen molar-refractivity contribution in [3.63, 3.8) is 0 Å². The van der Waals surface area contributed by atoms with Gasteiger partial charge in [-0.25, -0.2) is 0 Å². The van der Waals surface area contributed by atoms with E-state index in [1.807, 2.05) is 0 Å². The molecule has 0 aliphatic carbocycles. The maximum absolute atomic E-state index is 10.1. The van der Waals surface area contributed by atoms with Crippen molar-refractivity contribution >= 4 is 33.1 Å². The van der Waals surface area contributed by atoms with Crippen molar-refractivity contribution in [2.75, 3.05) is 0 Å². The monoisotopic (exact) mass is 649 g/mol. The molecule has 0 unspecified atom stereocenters. The standard InChI is InChI=1S/2C12H24O2.2C4H9.H3N.Sn/c2*1-2-3-4-5-6-7-8-9-10-11-12(13)14;2*1-3-4-2;;/h2*2-11H2,1H3,(H,13,14);2*1,3-4H2,2H3;1H3;/q;;;;;+2/p-2. The zero-order chi connectivity index (χ0) is 28.2. The van der Waals surface area contributed by atoms with Crippen molar-refractivity contribution in [2.45, 2.75) is 191 Å². The van der Waals surface area contributed by atoms with E-state index in [-0.39, 0.29) is 40.1 Å². The van der Waals surface area contributed by atoms with Gasteiger partial charge in [0.25, 0.3) is 0 Å². The van der Waals surface area contributed by atoms with Gasteiger partial charge in [0.15, 0.2) is 0 Å². The Morgan fingerprint density at radius 2 is 0.658 bits per heavy atom. The van der Waals surface area contributed by atoms with Gasteiger partial charge in [0.05, 0.1) is 0 Å². The van der Waals surface area contributed by atoms with E-state index < -0.39 is 11.9 Å². The van der Waals surface area contributed by atoms with E-state index in [0.717, 1.165) is 25.7 Å². The smallest absolute Gasteiger partial charge is 0.344 e. The number of rotatable bonds is 26. The van der Waals surface area contributed by atoms with Gasteiger partial charge >= 0.3 is 69.5 Å². The third kappa shape index (κ3) is 56.0. The average Bonchev–Trinajstić information content (AvgIpc) is 2.87. The summed E-state index contributed by atoms with van der Waals surface area (Å²) in [6.07, 6.45) is 28.2. The summed E-state index contributed by atoms with van der Waals surface area (Å²) in [5, 5.41) is 20.2. The fraction of sp³-hybridized carbons (Fsp3) is 0.938. The zero-order valence-electron chi connectivity index (χ0n) is 26.2. The summed E-state index contributed by atoms with van der Waals surface area (Å²) in [4.78, 5) is 20.2. The molecule has 0 saturated carbocycles. The number of hydrogen-bond donors (Lipinski definition) is 1. The minimum atomic E-state index is -0.909. The SMILES string of the molecule is CCCCCCCCCCCC(=O)[O-].CCCCCCCCCCCC(=O)[O-].CCC[CH2][Sn+2][CH2]CCC.N. The number of hydrogen-bond acceptors (Lipinski definition) is 5. The Morgan fingerprint density at radius 3 is 0.895 bits per heavy atom. The van der Waals surface area contributed by atoms with E-state index in [1.54, 1.807) is 8.87 Å². The van der Waals surface area contributed by atoms with Crippen LogP contribution in [0.15, 0.2) is 0 Å². The molecule has 0 atom stereocenters. The van der Waals surface area contributed by atoms with Crippen molar-refractivity contribution in [3.05, 3.63) is 0 Å². The van der Waals surface area contributed by atoms with Crippen LogP contribution in [0.1, 0.15) is 182 Å². The van der Waals surface area contributed by atoms with E-state index in [4.69, 9.17) is 0 Å². The Balaban J connectivity index is -0.000000231. The Morgan fingerprint density at radius 1 is 0.421 bits per heavy atom. The molecule has 3 N–H and O–H groups in total. The second-order valence-corrected chi connectivity index (χ2v) is 14.6. The van der Waals surface area contributed by atoms with Crippen LogP contribution in [0, 0.1) is 0 Å². The fourth-order valence-electron chi connectivity index (χ4n) is 3.89. The molecule has 0 bridgehead atoms. The van der Waals surface area contributed by atoms with Gasteiger partial charge in [0.1, 0.15) is 0 Å². The predicted molar refractivity (Wildman–Crippen MR) is 164 cm³/mol. The molecule has 0 aromatic carbocycles. The average molecular weight is 649 g/mol. The summed E-state index contributed by atoms with van der Waals surface area (Å²) in [6.45, 7) is 9.03. The first-order valence-electron chi connectivity index (χ1n) is 16.1. The summed E-state index contributed by atoms with van der Waals surface area (Å²) in [5.74, 6) is -1.82. The molecule has 0 spiro atoms. The molecule has 6 heteroatoms. The summed E-state index contributed by atoms with van der Waals surface area (Å²) >= 11 is 0.149. The van der Waals surface area contributed by atoms with Crippen molar-refractivity contribution in [1.29, 1.82) is 0 Å². The van der Waals surface area contributed by atoms with Gasteiger partial charge in [0.2, 0.25) is 0 Å². The number of carbonyl (C=O) groups excluding carboxylic acids is 2. The van der Waals surface area contributed by atoms with Crippen LogP contribution in [0.5, 0.6) is 0 Å². The molecule has 0 heterocycles. The third-order valence-electron chi connectivity index (χ3n) is 6.38. The van der Waals surface area contributed by atoms with Gasteiger partial charge in [-0.2, -0.15) is 0 Å². The minimum absolute atomic E-state index is 0. The minimum Gasteiger partial charge on any atom is -0.344 e. The Kier molecular flexibility index (Phi) is 51.5. The first-order chi connectivity index (χ1) is 18.0. The van der Waals surface area contributed by atoms with Crippen LogP contribution < -0.4 is 16.4 Å². The molecule has 0 radical (unpaired) electrons. The van der Waals surface area contributed by atoms with Gasteiger partial charge in [-0.15, -0.1) is 0 Å². The summed E-state index contributed by atoms with van der Waals surface area (Å²) in [7, 11) is 0. The number of unbranched alkanes of at least 4 members (excludes halogenated alkanes) is 18. The molecular formula is C32H67NO4Sn. The van der Waals surface area contributed by atoms with Gasteiger partial charge in [-0.05, 0) is 25.7 Å². The largest absolute Gasteiger partial charge is 0.344 e. The first kappa shape index (κ1) is 44.7. The van der Waals surface area contributed by atoms with Crippen molar-refractivity contribution in [2.24, 2.45) is 0 Å². The third-order valence-corrected chi connectivity index (χ3v) is 10.4. The van der Waals surface area contributed by atoms with E-state index >= 15 is 0 Å². The zero-order valence-corrected chi connectivity index (χ0v) is 29.1. The molecule has 0 aromatic heterocycles. The van der Waals surface area contributed by atoms with Gasteiger partial charge in [0, 0.05) is 11.9 Å². The predicted octanol–water partition coefficient (Wildman–Crippen LogP) is 8.60. The Hall–Kier alpha value is -0.301. The van der Waals surface area contributed by atoms with Crippen LogP contribution in [0.25, 0.3) is 0 Å². The fourth-order valence-corrected chi connectivity index (χ4v) is 8.05. The number of carboxylic acids is 2. The maximum atomic E-state index is 10.1. The topological polar surface area (TPSA) is 115 Å². The molecule has 0 aromatic rings. The molecule has 0 amide bonds. The second-order valence-electron chi connectivity index (χ2n) is 10.4. The van der Waals surface area contributed by atoms with Crippen LogP contribution in [0.4, 0.5) is 0 Å². The van der Waals surface area contributed by atoms with E-state index in [1.165, 1.54) is 116 Å². The number of carbonyl (C=O) groups is 2. The van der Waals surface area contributed by atoms with Gasteiger partial charge in [-0.1, -0.05) is 117 Å². The second kappa shape index (κ2) is 43.7. The van der Waals surface area contributed by atoms with Gasteiger partial charge < -0.3 is 26.0 Å². The molecule has 38 heavy (non-hydrogen) atoms. The van der Waals surface area contributed by atoms with E-state index in [2.05, 4.69) is 27.7 Å². The Labute approximate surface area is 248 Å². The summed E-state index contributed by atoms with van der Waals surface area (Å²) in [6, 6.07) is 0. The summed E-state index contributed by atoms with van der Waals surface area (Å²) in [5.41, 5.74) is 0. The van der Waals surface area contributed by atoms with Crippen LogP contribution in [-0.2, 0) is 9.59 Å². The molecule has 0 aliphatic heterocycles. The van der Waals surface area contributed by atoms with E-state index in [0.29, 0.717) is 0 Å². The molecule has 0 rings (SSSR count). The van der Waals surface area contributed by atoms with Crippen molar-refractivity contribution in [1.82, 2.24) is 6.15 Å². The van der Waals surface area contributed by atoms with Crippen LogP contribution in [-0.4, -0.2) is 33.1 Å². The van der Waals surface area contributed by atoms with Crippen molar-refractivity contribution in [3.8, 4) is 0 Å². The van der Waals surface area contributed by atoms with Crippen LogP contribution >= 0.6 is 0 Å². The van der Waals surface area contributed by atoms with Crippen molar-refractivity contribution < 1.29 is 19.8 Å². The Bertz CT molecular complexity index is 398. The molecule has 228 valence electrons. The molecule has 0 fully saturated rings. The normalized spacial score (nSPS) is 9.79. The molecular weight excluding hydrogens is 581 g/mol. The van der Waals surface area contributed by atoms with Gasteiger partial charge in [-0.3, -0.25) is 0 Å². The summed E-state index contributed by atoms with van der Waals surface area (Å²) < 4.78 is 3.25. The maximum Gasteiger partial charge on any atom is -0.344 e. The molecule has 0 aliphatic rings. The number of aliphatic carboxylic acids is 2. The van der Waals surface area contributed by atoms with E-state index in [9.17, 15) is 19.8 Å². The first-order valence-corrected chi connectivity index (χ1v) is 20.1. The molecule has 0 saturated heterocycles. The van der Waals surface area contributed by atoms with Crippen LogP contribution in [0.2, 0.25) is 8.87 Å². The molecule has 5 nitrogen and oxygen atoms in total.